The molecule has 0 aliphatic rings. The van der Waals surface area contributed by atoms with Gasteiger partial charge >= 0.3 is 0 Å². The van der Waals surface area contributed by atoms with Crippen molar-refractivity contribution in [1.29, 1.82) is 0 Å². The van der Waals surface area contributed by atoms with Crippen LogP contribution >= 0.6 is 0 Å². The van der Waals surface area contributed by atoms with E-state index in [-0.39, 0.29) is 0 Å². The van der Waals surface area contributed by atoms with E-state index >= 15 is 0 Å². The first kappa shape index (κ1) is 8.90. The first-order valence-electron chi connectivity index (χ1n) is 4.43. The second-order valence-corrected chi connectivity index (χ2v) is 3.15. The van der Waals surface area contributed by atoms with Gasteiger partial charge in [0.25, 0.3) is 0 Å². The van der Waals surface area contributed by atoms with E-state index in [0.717, 1.165) is 16.8 Å². The minimum atomic E-state index is 0.479. The summed E-state index contributed by atoms with van der Waals surface area (Å²) in [4.78, 5) is 4.22. The summed E-state index contributed by atoms with van der Waals surface area (Å²) in [7, 11) is 1.89. The van der Waals surface area contributed by atoms with E-state index < -0.39 is 0 Å². The zero-order chi connectivity index (χ0) is 9.97. The van der Waals surface area contributed by atoms with E-state index in [1.165, 1.54) is 0 Å². The van der Waals surface area contributed by atoms with Gasteiger partial charge < -0.3 is 5.73 Å². The number of aromatic nitrogens is 3. The van der Waals surface area contributed by atoms with Crippen LogP contribution in [0.4, 0.5) is 0 Å². The maximum atomic E-state index is 5.46. The molecule has 0 unspecified atom stereocenters. The molecule has 0 saturated carbocycles. The molecule has 0 amide bonds. The first-order chi connectivity index (χ1) is 6.79. The average molecular weight is 188 g/mol. The summed E-state index contributed by atoms with van der Waals surface area (Å²) in [6.07, 6.45) is 5.59. The van der Waals surface area contributed by atoms with Crippen molar-refractivity contribution in [3.8, 4) is 11.1 Å². The summed E-state index contributed by atoms with van der Waals surface area (Å²) in [6.45, 7) is 0.479. The van der Waals surface area contributed by atoms with Crippen LogP contribution in [-0.2, 0) is 13.6 Å². The third-order valence-electron chi connectivity index (χ3n) is 2.07. The molecule has 0 spiro atoms. The summed E-state index contributed by atoms with van der Waals surface area (Å²) in [5, 5.41) is 4.10. The molecule has 72 valence electrons. The second kappa shape index (κ2) is 3.59. The van der Waals surface area contributed by atoms with Gasteiger partial charge in [0.2, 0.25) is 0 Å². The van der Waals surface area contributed by atoms with Gasteiger partial charge in [-0.15, -0.1) is 0 Å². The number of rotatable bonds is 2. The number of nitrogens with two attached hydrogens (primary N) is 1. The van der Waals surface area contributed by atoms with E-state index in [9.17, 15) is 0 Å². The number of nitrogens with zero attached hydrogens (tertiary/aromatic N) is 3. The lowest BCUT2D eigenvalue weighted by Gasteiger charge is -1.98. The van der Waals surface area contributed by atoms with Gasteiger partial charge in [-0.3, -0.25) is 9.67 Å². The number of aryl methyl sites for hydroxylation is 1. The summed E-state index contributed by atoms with van der Waals surface area (Å²) < 4.78 is 1.77. The Morgan fingerprint density at radius 2 is 2.14 bits per heavy atom. The van der Waals surface area contributed by atoms with Crippen molar-refractivity contribution in [1.82, 2.24) is 14.8 Å². The lowest BCUT2D eigenvalue weighted by molar-refractivity contribution is 0.768. The molecule has 0 fully saturated rings. The Hall–Kier alpha value is -1.68. The molecule has 2 rings (SSSR count). The predicted octanol–water partition coefficient (Wildman–Crippen LogP) is 0.941. The molecule has 2 aromatic heterocycles. The van der Waals surface area contributed by atoms with Crippen molar-refractivity contribution < 1.29 is 0 Å². The molecule has 0 aromatic carbocycles. The normalized spacial score (nSPS) is 10.4. The fourth-order valence-electron chi connectivity index (χ4n) is 1.29. The van der Waals surface area contributed by atoms with E-state index in [4.69, 9.17) is 5.73 Å². The molecule has 14 heavy (non-hydrogen) atoms. The van der Waals surface area contributed by atoms with Gasteiger partial charge in [0.15, 0.2) is 0 Å². The summed E-state index contributed by atoms with van der Waals surface area (Å²) in [5.41, 5.74) is 8.50. The highest BCUT2D eigenvalue weighted by molar-refractivity contribution is 5.60. The van der Waals surface area contributed by atoms with Crippen molar-refractivity contribution in [2.45, 2.75) is 6.54 Å². The van der Waals surface area contributed by atoms with Gasteiger partial charge in [0.1, 0.15) is 0 Å². The summed E-state index contributed by atoms with van der Waals surface area (Å²) in [5.74, 6) is 0. The van der Waals surface area contributed by atoms with Crippen LogP contribution in [0.25, 0.3) is 11.1 Å². The molecule has 4 nitrogen and oxygen atoms in total. The van der Waals surface area contributed by atoms with Gasteiger partial charge in [0.05, 0.1) is 11.9 Å². The van der Waals surface area contributed by atoms with Gasteiger partial charge in [-0.05, 0) is 6.07 Å². The van der Waals surface area contributed by atoms with E-state index in [0.29, 0.717) is 6.54 Å². The predicted molar refractivity (Wildman–Crippen MR) is 54.3 cm³/mol. The Morgan fingerprint density at radius 3 is 2.64 bits per heavy atom. The topological polar surface area (TPSA) is 56.7 Å². The molecule has 0 aliphatic carbocycles. The second-order valence-electron chi connectivity index (χ2n) is 3.15. The van der Waals surface area contributed by atoms with Crippen LogP contribution in [0.1, 0.15) is 5.69 Å². The fourth-order valence-corrected chi connectivity index (χ4v) is 1.29. The van der Waals surface area contributed by atoms with Crippen LogP contribution in [0.3, 0.4) is 0 Å². The molecule has 0 radical (unpaired) electrons. The van der Waals surface area contributed by atoms with Crippen LogP contribution in [0.15, 0.2) is 30.7 Å². The molecule has 2 N–H and O–H groups in total. The van der Waals surface area contributed by atoms with Crippen molar-refractivity contribution in [3.63, 3.8) is 0 Å². The SMILES string of the molecule is Cn1cc(-c2ccc(CN)nc2)cn1. The van der Waals surface area contributed by atoms with Gasteiger partial charge in [-0.2, -0.15) is 5.10 Å². The Morgan fingerprint density at radius 1 is 1.29 bits per heavy atom. The van der Waals surface area contributed by atoms with Crippen LogP contribution in [0, 0.1) is 0 Å². The number of hydrogen-bond acceptors (Lipinski definition) is 3. The molecule has 2 aromatic rings. The highest BCUT2D eigenvalue weighted by Gasteiger charge is 2.00. The lowest BCUT2D eigenvalue weighted by atomic mass is 10.1. The summed E-state index contributed by atoms with van der Waals surface area (Å²) in [6, 6.07) is 3.94. The molecule has 0 aliphatic heterocycles. The van der Waals surface area contributed by atoms with Gasteiger partial charge in [-0.1, -0.05) is 6.07 Å². The van der Waals surface area contributed by atoms with Crippen LogP contribution in [0.5, 0.6) is 0 Å². The van der Waals surface area contributed by atoms with Gasteiger partial charge in [0, 0.05) is 37.1 Å². The highest BCUT2D eigenvalue weighted by Crippen LogP contribution is 2.16. The quantitative estimate of drug-likeness (QED) is 0.763. The Labute approximate surface area is 82.4 Å². The minimum absolute atomic E-state index is 0.479. The smallest absolute Gasteiger partial charge is 0.0568 e. The standard InChI is InChI=1S/C10H12N4/c1-14-7-9(6-13-14)8-2-3-10(4-11)12-5-8/h2-3,5-7H,4,11H2,1H3. The monoisotopic (exact) mass is 188 g/mol. The van der Waals surface area contributed by atoms with Crippen LogP contribution < -0.4 is 5.73 Å². The van der Waals surface area contributed by atoms with Crippen molar-refractivity contribution in [2.24, 2.45) is 12.8 Å². The lowest BCUT2D eigenvalue weighted by Crippen LogP contribution is -1.98. The number of pyridine rings is 1. The third-order valence-corrected chi connectivity index (χ3v) is 2.07. The molecule has 0 saturated heterocycles. The van der Waals surface area contributed by atoms with E-state index in [1.54, 1.807) is 4.68 Å². The minimum Gasteiger partial charge on any atom is -0.325 e. The maximum absolute atomic E-state index is 5.46. The Bertz CT molecular complexity index is 416. The molecule has 4 heteroatoms. The highest BCUT2D eigenvalue weighted by atomic mass is 15.2. The maximum Gasteiger partial charge on any atom is 0.0568 e. The number of hydrogen-bond donors (Lipinski definition) is 1. The van der Waals surface area contributed by atoms with Crippen LogP contribution in [-0.4, -0.2) is 14.8 Å². The zero-order valence-electron chi connectivity index (χ0n) is 8.01. The van der Waals surface area contributed by atoms with Crippen molar-refractivity contribution in [3.05, 3.63) is 36.4 Å². The van der Waals surface area contributed by atoms with Crippen LogP contribution in [0.2, 0.25) is 0 Å². The first-order valence-corrected chi connectivity index (χ1v) is 4.43. The Balaban J connectivity index is 2.33. The Kier molecular flexibility index (Phi) is 2.28. The molecular weight excluding hydrogens is 176 g/mol. The zero-order valence-corrected chi connectivity index (χ0v) is 8.01. The van der Waals surface area contributed by atoms with E-state index in [1.807, 2.05) is 37.8 Å². The van der Waals surface area contributed by atoms with Crippen molar-refractivity contribution >= 4 is 0 Å². The molecule has 0 bridgehead atoms. The molecule has 2 heterocycles. The molecular formula is C10H12N4. The van der Waals surface area contributed by atoms with Crippen molar-refractivity contribution in [2.75, 3.05) is 0 Å². The third kappa shape index (κ3) is 1.65. The largest absolute Gasteiger partial charge is 0.325 e. The average Bonchev–Trinajstić information content (AvgIpc) is 2.65. The van der Waals surface area contributed by atoms with Gasteiger partial charge in [-0.25, -0.2) is 0 Å². The summed E-state index contributed by atoms with van der Waals surface area (Å²) >= 11 is 0. The molecule has 0 atom stereocenters. The van der Waals surface area contributed by atoms with E-state index in [2.05, 4.69) is 10.1 Å². The fraction of sp³-hybridized carbons (Fsp3) is 0.200.